The zero-order valence-corrected chi connectivity index (χ0v) is 14.0. The van der Waals surface area contributed by atoms with Gasteiger partial charge in [-0.25, -0.2) is 9.59 Å². The number of hydrogen-bond acceptors (Lipinski definition) is 5. The highest BCUT2D eigenvalue weighted by atomic mass is 16.6. The smallest absolute Gasteiger partial charge is 0.411 e. The quantitative estimate of drug-likeness (QED) is 0.840. The summed E-state index contributed by atoms with van der Waals surface area (Å²) in [5.74, 6) is -0.960. The Labute approximate surface area is 140 Å². The SMILES string of the molecule is COC(=O)[C@@H]1[C@@H](C(C)C)NC(=O)CN1C(=O)OCc1ccccc1. The van der Waals surface area contributed by atoms with Crippen LogP contribution < -0.4 is 5.32 Å². The molecule has 7 heteroatoms. The Morgan fingerprint density at radius 3 is 2.54 bits per heavy atom. The van der Waals surface area contributed by atoms with E-state index < -0.39 is 24.1 Å². The number of rotatable bonds is 4. The molecule has 1 aliphatic rings. The van der Waals surface area contributed by atoms with Crippen molar-refractivity contribution in [1.29, 1.82) is 0 Å². The molecule has 1 aliphatic heterocycles. The predicted octanol–water partition coefficient (Wildman–Crippen LogP) is 1.32. The van der Waals surface area contributed by atoms with Crippen LogP contribution in [-0.4, -0.2) is 48.6 Å². The number of hydrogen-bond donors (Lipinski definition) is 1. The van der Waals surface area contributed by atoms with Crippen molar-refractivity contribution in [3.63, 3.8) is 0 Å². The summed E-state index contributed by atoms with van der Waals surface area (Å²) in [7, 11) is 1.25. The number of carbonyl (C=O) groups is 3. The van der Waals surface area contributed by atoms with Gasteiger partial charge < -0.3 is 14.8 Å². The van der Waals surface area contributed by atoms with Gasteiger partial charge in [-0.1, -0.05) is 44.2 Å². The van der Waals surface area contributed by atoms with Crippen LogP contribution >= 0.6 is 0 Å². The van der Waals surface area contributed by atoms with Crippen molar-refractivity contribution in [2.45, 2.75) is 32.5 Å². The minimum Gasteiger partial charge on any atom is -0.467 e. The summed E-state index contributed by atoms with van der Waals surface area (Å²) in [4.78, 5) is 37.6. The van der Waals surface area contributed by atoms with Gasteiger partial charge in [0.05, 0.1) is 13.2 Å². The lowest BCUT2D eigenvalue weighted by molar-refractivity contribution is -0.151. The first-order valence-corrected chi connectivity index (χ1v) is 7.78. The average Bonchev–Trinajstić information content (AvgIpc) is 2.59. The molecule has 0 spiro atoms. The van der Waals surface area contributed by atoms with Crippen LogP contribution in [0.3, 0.4) is 0 Å². The van der Waals surface area contributed by atoms with E-state index in [9.17, 15) is 14.4 Å². The third-order valence-electron chi connectivity index (χ3n) is 3.92. The molecule has 0 radical (unpaired) electrons. The van der Waals surface area contributed by atoms with Crippen LogP contribution in [0.1, 0.15) is 19.4 Å². The minimum atomic E-state index is -0.907. The largest absolute Gasteiger partial charge is 0.467 e. The molecule has 1 heterocycles. The molecule has 1 aromatic carbocycles. The van der Waals surface area contributed by atoms with Crippen molar-refractivity contribution < 1.29 is 23.9 Å². The van der Waals surface area contributed by atoms with Crippen molar-refractivity contribution in [1.82, 2.24) is 10.2 Å². The third-order valence-corrected chi connectivity index (χ3v) is 3.92. The Morgan fingerprint density at radius 2 is 1.96 bits per heavy atom. The van der Waals surface area contributed by atoms with Gasteiger partial charge in [0.1, 0.15) is 13.2 Å². The van der Waals surface area contributed by atoms with E-state index in [4.69, 9.17) is 9.47 Å². The lowest BCUT2D eigenvalue weighted by Gasteiger charge is -2.40. The second kappa shape index (κ2) is 7.81. The predicted molar refractivity (Wildman–Crippen MR) is 85.9 cm³/mol. The molecule has 2 rings (SSSR count). The molecule has 1 N–H and O–H groups in total. The number of carbonyl (C=O) groups excluding carboxylic acids is 3. The van der Waals surface area contributed by atoms with Crippen LogP contribution in [0.15, 0.2) is 30.3 Å². The monoisotopic (exact) mass is 334 g/mol. The fourth-order valence-electron chi connectivity index (χ4n) is 2.66. The van der Waals surface area contributed by atoms with E-state index in [1.807, 2.05) is 44.2 Å². The van der Waals surface area contributed by atoms with E-state index in [1.165, 1.54) is 7.11 Å². The molecule has 0 aromatic heterocycles. The molecule has 0 saturated carbocycles. The first-order chi connectivity index (χ1) is 11.4. The Hall–Kier alpha value is -2.57. The number of benzene rings is 1. The van der Waals surface area contributed by atoms with E-state index >= 15 is 0 Å². The third kappa shape index (κ3) is 4.04. The Kier molecular flexibility index (Phi) is 5.78. The van der Waals surface area contributed by atoms with Gasteiger partial charge in [-0.2, -0.15) is 0 Å². The van der Waals surface area contributed by atoms with Crippen molar-refractivity contribution in [3.05, 3.63) is 35.9 Å². The molecule has 130 valence electrons. The minimum absolute atomic E-state index is 0.0530. The van der Waals surface area contributed by atoms with Gasteiger partial charge in [0, 0.05) is 0 Å². The van der Waals surface area contributed by atoms with E-state index in [0.717, 1.165) is 10.5 Å². The highest BCUT2D eigenvalue weighted by Crippen LogP contribution is 2.19. The van der Waals surface area contributed by atoms with E-state index in [-0.39, 0.29) is 25.0 Å². The van der Waals surface area contributed by atoms with E-state index in [1.54, 1.807) is 0 Å². The van der Waals surface area contributed by atoms with Crippen molar-refractivity contribution in [2.75, 3.05) is 13.7 Å². The summed E-state index contributed by atoms with van der Waals surface area (Å²) < 4.78 is 10.1. The lowest BCUT2D eigenvalue weighted by atomic mass is 9.93. The van der Waals surface area contributed by atoms with Crippen LogP contribution in [0.4, 0.5) is 4.79 Å². The highest BCUT2D eigenvalue weighted by molar-refractivity contribution is 5.90. The Morgan fingerprint density at radius 1 is 1.29 bits per heavy atom. The first kappa shape index (κ1) is 17.8. The van der Waals surface area contributed by atoms with Crippen LogP contribution in [0.2, 0.25) is 0 Å². The standard InChI is InChI=1S/C17H22N2O5/c1-11(2)14-15(16(21)23-3)19(9-13(20)18-14)17(22)24-10-12-7-5-4-6-8-12/h4-8,11,14-15H,9-10H2,1-3H3,(H,18,20)/t14-,15+/m1/s1. The molecule has 1 fully saturated rings. The van der Waals surface area contributed by atoms with Gasteiger partial charge >= 0.3 is 12.1 Å². The Balaban J connectivity index is 2.15. The van der Waals surface area contributed by atoms with Crippen molar-refractivity contribution >= 4 is 18.0 Å². The summed E-state index contributed by atoms with van der Waals surface area (Å²) in [6.07, 6.45) is -0.713. The number of nitrogens with one attached hydrogen (secondary N) is 1. The number of amides is 2. The average molecular weight is 334 g/mol. The summed E-state index contributed by atoms with van der Waals surface area (Å²) in [5, 5.41) is 2.75. The molecule has 1 aromatic rings. The molecule has 1 saturated heterocycles. The maximum absolute atomic E-state index is 12.4. The number of piperazine rings is 1. The van der Waals surface area contributed by atoms with Gasteiger partial charge in [-0.3, -0.25) is 9.69 Å². The van der Waals surface area contributed by atoms with Gasteiger partial charge in [-0.15, -0.1) is 0 Å². The van der Waals surface area contributed by atoms with Gasteiger partial charge in [0.25, 0.3) is 0 Å². The second-order valence-electron chi connectivity index (χ2n) is 5.97. The van der Waals surface area contributed by atoms with Crippen LogP contribution in [0, 0.1) is 5.92 Å². The summed E-state index contributed by atoms with van der Waals surface area (Å²) in [5.41, 5.74) is 0.822. The first-order valence-electron chi connectivity index (χ1n) is 7.78. The van der Waals surface area contributed by atoms with Gasteiger partial charge in [0.15, 0.2) is 6.04 Å². The van der Waals surface area contributed by atoms with Crippen LogP contribution in [0.5, 0.6) is 0 Å². The highest BCUT2D eigenvalue weighted by Gasteiger charge is 2.44. The normalized spacial score (nSPS) is 20.5. The summed E-state index contributed by atoms with van der Waals surface area (Å²) in [6.45, 7) is 3.55. The molecule has 0 bridgehead atoms. The topological polar surface area (TPSA) is 84.9 Å². The zero-order chi connectivity index (χ0) is 17.7. The molecule has 2 amide bonds. The molecule has 7 nitrogen and oxygen atoms in total. The molecule has 2 atom stereocenters. The van der Waals surface area contributed by atoms with E-state index in [0.29, 0.717) is 0 Å². The van der Waals surface area contributed by atoms with Gasteiger partial charge in [0.2, 0.25) is 5.91 Å². The lowest BCUT2D eigenvalue weighted by Crippen LogP contribution is -2.66. The molecule has 0 unspecified atom stereocenters. The number of ether oxygens (including phenoxy) is 2. The van der Waals surface area contributed by atoms with Gasteiger partial charge in [-0.05, 0) is 11.5 Å². The molecular weight excluding hydrogens is 312 g/mol. The van der Waals surface area contributed by atoms with Crippen LogP contribution in [-0.2, 0) is 25.7 Å². The van der Waals surface area contributed by atoms with Crippen LogP contribution in [0.25, 0.3) is 0 Å². The Bertz CT molecular complexity index is 602. The second-order valence-corrected chi connectivity index (χ2v) is 5.97. The maximum atomic E-state index is 12.4. The molecular formula is C17H22N2O5. The number of nitrogens with zero attached hydrogens (tertiary/aromatic N) is 1. The summed E-state index contributed by atoms with van der Waals surface area (Å²) in [6, 6.07) is 7.75. The van der Waals surface area contributed by atoms with Crippen molar-refractivity contribution in [2.24, 2.45) is 5.92 Å². The fourth-order valence-corrected chi connectivity index (χ4v) is 2.66. The fraction of sp³-hybridized carbons (Fsp3) is 0.471. The number of esters is 1. The van der Waals surface area contributed by atoms with Crippen molar-refractivity contribution in [3.8, 4) is 0 Å². The molecule has 0 aliphatic carbocycles. The number of methoxy groups -OCH3 is 1. The zero-order valence-electron chi connectivity index (χ0n) is 14.0. The molecule has 24 heavy (non-hydrogen) atoms. The maximum Gasteiger partial charge on any atom is 0.411 e. The summed E-state index contributed by atoms with van der Waals surface area (Å²) >= 11 is 0. The van der Waals surface area contributed by atoms with E-state index in [2.05, 4.69) is 5.32 Å².